The van der Waals surface area contributed by atoms with Crippen LogP contribution in [0.2, 0.25) is 0 Å². The average Bonchev–Trinajstić information content (AvgIpc) is 2.27. The van der Waals surface area contributed by atoms with Crippen LogP contribution in [0.3, 0.4) is 0 Å². The fraction of sp³-hybridized carbons (Fsp3) is 0.462. The van der Waals surface area contributed by atoms with Gasteiger partial charge in [-0.1, -0.05) is 19.1 Å². The molecule has 0 bridgehead atoms. The van der Waals surface area contributed by atoms with Gasteiger partial charge in [-0.15, -0.1) is 0 Å². The SMILES string of the molecule is CCC1(C(=O)[O-])CN(S(=O)(=O)c2cccc(C)c2)C1.[Li+]. The number of carboxylic acids is 1. The molecule has 0 saturated carbocycles. The van der Waals surface area contributed by atoms with E-state index in [-0.39, 0.29) is 36.8 Å². The molecule has 0 radical (unpaired) electrons. The van der Waals surface area contributed by atoms with Crippen molar-refractivity contribution < 1.29 is 37.2 Å². The fourth-order valence-corrected chi connectivity index (χ4v) is 3.94. The molecule has 0 spiro atoms. The van der Waals surface area contributed by atoms with Gasteiger partial charge < -0.3 is 9.90 Å². The van der Waals surface area contributed by atoms with E-state index in [0.717, 1.165) is 5.56 Å². The van der Waals surface area contributed by atoms with Crippen molar-refractivity contribution in [1.29, 1.82) is 0 Å². The van der Waals surface area contributed by atoms with Crippen LogP contribution in [0.15, 0.2) is 29.2 Å². The minimum absolute atomic E-state index is 0. The first-order chi connectivity index (χ1) is 8.82. The predicted molar refractivity (Wildman–Crippen MR) is 67.7 cm³/mol. The molecule has 1 saturated heterocycles. The first-order valence-corrected chi connectivity index (χ1v) is 7.54. The van der Waals surface area contributed by atoms with E-state index in [2.05, 4.69) is 0 Å². The number of nitrogens with zero attached hydrogens (tertiary/aromatic N) is 1. The van der Waals surface area contributed by atoms with E-state index in [1.807, 2.05) is 13.0 Å². The summed E-state index contributed by atoms with van der Waals surface area (Å²) in [5.74, 6) is -1.18. The van der Waals surface area contributed by atoms with E-state index in [1.165, 1.54) is 10.4 Å². The van der Waals surface area contributed by atoms with Gasteiger partial charge in [-0.05, 0) is 31.0 Å². The van der Waals surface area contributed by atoms with Crippen molar-refractivity contribution >= 4 is 16.0 Å². The van der Waals surface area contributed by atoms with Crippen molar-refractivity contribution in [3.8, 4) is 0 Å². The molecule has 0 amide bonds. The monoisotopic (exact) mass is 289 g/mol. The molecule has 1 heterocycles. The zero-order valence-corrected chi connectivity index (χ0v) is 12.7. The topological polar surface area (TPSA) is 77.5 Å². The molecule has 0 unspecified atom stereocenters. The number of carbonyl (C=O) groups excluding carboxylic acids is 1. The molecule has 0 aromatic heterocycles. The molecule has 1 aliphatic rings. The van der Waals surface area contributed by atoms with Crippen LogP contribution in [0.25, 0.3) is 0 Å². The van der Waals surface area contributed by atoms with E-state index in [1.54, 1.807) is 19.1 Å². The standard InChI is InChI=1S/C13H17NO4S.Li/c1-3-13(12(15)16)8-14(9-13)19(17,18)11-6-4-5-10(2)7-11;/h4-7H,3,8-9H2,1-2H3,(H,15,16);/q;+1/p-1. The van der Waals surface area contributed by atoms with E-state index < -0.39 is 21.4 Å². The van der Waals surface area contributed by atoms with Crippen LogP contribution in [-0.4, -0.2) is 31.8 Å². The molecule has 0 aliphatic carbocycles. The summed E-state index contributed by atoms with van der Waals surface area (Å²) in [4.78, 5) is 11.3. The molecule has 5 nitrogen and oxygen atoms in total. The smallest absolute Gasteiger partial charge is 0.549 e. The number of hydrogen-bond donors (Lipinski definition) is 0. The van der Waals surface area contributed by atoms with Gasteiger partial charge in [-0.3, -0.25) is 0 Å². The van der Waals surface area contributed by atoms with Crippen LogP contribution in [0.5, 0.6) is 0 Å². The van der Waals surface area contributed by atoms with Crippen molar-refractivity contribution in [2.45, 2.75) is 25.2 Å². The van der Waals surface area contributed by atoms with Crippen molar-refractivity contribution in [3.63, 3.8) is 0 Å². The molecule has 0 atom stereocenters. The normalized spacial score (nSPS) is 17.9. The fourth-order valence-electron chi connectivity index (χ4n) is 2.22. The van der Waals surface area contributed by atoms with Crippen molar-refractivity contribution in [2.24, 2.45) is 5.41 Å². The number of sulfonamides is 1. The minimum atomic E-state index is -3.60. The Bertz CT molecular complexity index is 609. The Morgan fingerprint density at radius 2 is 2.00 bits per heavy atom. The minimum Gasteiger partial charge on any atom is -0.549 e. The summed E-state index contributed by atoms with van der Waals surface area (Å²) in [6, 6.07) is 6.59. The number of aliphatic carboxylic acids is 1. The maximum atomic E-state index is 12.3. The Labute approximate surface area is 131 Å². The van der Waals surface area contributed by atoms with E-state index in [0.29, 0.717) is 6.42 Å². The van der Waals surface area contributed by atoms with Crippen molar-refractivity contribution in [3.05, 3.63) is 29.8 Å². The van der Waals surface area contributed by atoms with Gasteiger partial charge in [0, 0.05) is 18.5 Å². The Morgan fingerprint density at radius 1 is 1.40 bits per heavy atom. The summed E-state index contributed by atoms with van der Waals surface area (Å²) in [6.45, 7) is 3.52. The number of carboxylic acid groups (broad SMARTS) is 1. The zero-order chi connectivity index (χ0) is 14.3. The van der Waals surface area contributed by atoms with Gasteiger partial charge in [0.2, 0.25) is 10.0 Å². The quantitative estimate of drug-likeness (QED) is 0.559. The van der Waals surface area contributed by atoms with Gasteiger partial charge >= 0.3 is 18.9 Å². The first-order valence-electron chi connectivity index (χ1n) is 6.10. The number of carbonyl (C=O) groups is 1. The third-order valence-corrected chi connectivity index (χ3v) is 5.48. The summed E-state index contributed by atoms with van der Waals surface area (Å²) in [6.07, 6.45) is 0.370. The Balaban J connectivity index is 0.00000200. The molecule has 20 heavy (non-hydrogen) atoms. The molecular weight excluding hydrogens is 273 g/mol. The largest absolute Gasteiger partial charge is 1.00 e. The first kappa shape index (κ1) is 17.2. The number of aryl methyl sites for hydroxylation is 1. The van der Waals surface area contributed by atoms with Crippen LogP contribution in [0.1, 0.15) is 18.9 Å². The second-order valence-electron chi connectivity index (χ2n) is 5.01. The molecule has 1 aromatic carbocycles. The molecule has 7 heteroatoms. The van der Waals surface area contributed by atoms with Crippen LogP contribution in [-0.2, 0) is 14.8 Å². The zero-order valence-electron chi connectivity index (χ0n) is 11.9. The van der Waals surface area contributed by atoms with Gasteiger partial charge in [0.25, 0.3) is 0 Å². The van der Waals surface area contributed by atoms with Crippen LogP contribution < -0.4 is 24.0 Å². The molecule has 104 valence electrons. The van der Waals surface area contributed by atoms with E-state index in [4.69, 9.17) is 0 Å². The van der Waals surface area contributed by atoms with Crippen molar-refractivity contribution in [2.75, 3.05) is 13.1 Å². The third-order valence-electron chi connectivity index (χ3n) is 3.70. The average molecular weight is 289 g/mol. The molecule has 2 rings (SSSR count). The predicted octanol–water partition coefficient (Wildman–Crippen LogP) is -2.85. The third kappa shape index (κ3) is 2.79. The summed E-state index contributed by atoms with van der Waals surface area (Å²) < 4.78 is 25.8. The number of hydrogen-bond acceptors (Lipinski definition) is 4. The summed E-state index contributed by atoms with van der Waals surface area (Å²) in [5.41, 5.74) is -0.181. The summed E-state index contributed by atoms with van der Waals surface area (Å²) in [7, 11) is -3.60. The summed E-state index contributed by atoms with van der Waals surface area (Å²) >= 11 is 0. The Morgan fingerprint density at radius 3 is 2.45 bits per heavy atom. The Kier molecular flexibility index (Phi) is 5.09. The van der Waals surface area contributed by atoms with Gasteiger partial charge in [0.1, 0.15) is 0 Å². The molecule has 1 fully saturated rings. The van der Waals surface area contributed by atoms with Crippen LogP contribution in [0.4, 0.5) is 0 Å². The van der Waals surface area contributed by atoms with E-state index >= 15 is 0 Å². The second kappa shape index (κ2) is 5.90. The Hall–Kier alpha value is -0.803. The van der Waals surface area contributed by atoms with Gasteiger partial charge in [0.15, 0.2) is 0 Å². The van der Waals surface area contributed by atoms with Gasteiger partial charge in [0.05, 0.1) is 10.9 Å². The molecule has 1 aromatic rings. The summed E-state index contributed by atoms with van der Waals surface area (Å²) in [5, 5.41) is 11.1. The number of benzene rings is 1. The van der Waals surface area contributed by atoms with Gasteiger partial charge in [-0.2, -0.15) is 4.31 Å². The molecular formula is C13H16LiNO4S. The van der Waals surface area contributed by atoms with E-state index in [9.17, 15) is 18.3 Å². The maximum Gasteiger partial charge on any atom is 1.00 e. The van der Waals surface area contributed by atoms with Crippen LogP contribution in [0, 0.1) is 12.3 Å². The van der Waals surface area contributed by atoms with Crippen molar-refractivity contribution in [1.82, 2.24) is 4.31 Å². The second-order valence-corrected chi connectivity index (χ2v) is 6.95. The molecule has 1 aliphatic heterocycles. The molecule has 0 N–H and O–H groups in total. The maximum absolute atomic E-state index is 12.3. The van der Waals surface area contributed by atoms with Gasteiger partial charge in [-0.25, -0.2) is 8.42 Å². The van der Waals surface area contributed by atoms with Crippen LogP contribution >= 0.6 is 0 Å². The number of rotatable bonds is 4.